The molecule has 0 unspecified atom stereocenters. The van der Waals surface area contributed by atoms with E-state index in [9.17, 15) is 0 Å². The summed E-state index contributed by atoms with van der Waals surface area (Å²) in [5.41, 5.74) is 0.784. The van der Waals surface area contributed by atoms with E-state index < -0.39 is 6.29 Å². The minimum Gasteiger partial charge on any atom is -0.479 e. The topological polar surface area (TPSA) is 91.5 Å². The number of hydrogen-bond acceptors (Lipinski definition) is 8. The van der Waals surface area contributed by atoms with Gasteiger partial charge in [-0.05, 0) is 0 Å². The van der Waals surface area contributed by atoms with E-state index in [1.54, 1.807) is 0 Å². The highest BCUT2D eigenvalue weighted by Crippen LogP contribution is 2.25. The molecule has 0 aromatic carbocycles. The second-order valence-corrected chi connectivity index (χ2v) is 4.93. The van der Waals surface area contributed by atoms with Gasteiger partial charge < -0.3 is 19.4 Å². The Kier molecular flexibility index (Phi) is 3.40. The molecule has 1 aliphatic rings. The Bertz CT molecular complexity index is 578. The molecule has 1 N–H and O–H groups in total. The van der Waals surface area contributed by atoms with Gasteiger partial charge in [0.25, 0.3) is 0 Å². The highest BCUT2D eigenvalue weighted by Gasteiger charge is 2.28. The number of thioether (sulfide) groups is 1. The third-order valence-electron chi connectivity index (χ3n) is 2.57. The van der Waals surface area contributed by atoms with Crippen LogP contribution < -0.4 is 9.57 Å². The summed E-state index contributed by atoms with van der Waals surface area (Å²) in [6.45, 7) is -0.0365. The number of ether oxygens (including phenoxy) is 2. The molecule has 9 heteroatoms. The molecule has 2 aromatic heterocycles. The quantitative estimate of drug-likeness (QED) is 0.816. The van der Waals surface area contributed by atoms with Gasteiger partial charge >= 0.3 is 0 Å². The van der Waals surface area contributed by atoms with Crippen LogP contribution >= 0.6 is 11.8 Å². The van der Waals surface area contributed by atoms with Crippen molar-refractivity contribution in [2.24, 2.45) is 0 Å². The Balaban J connectivity index is 1.82. The van der Waals surface area contributed by atoms with E-state index in [2.05, 4.69) is 15.0 Å². The average Bonchev–Trinajstić information content (AvgIpc) is 3.06. The number of rotatable bonds is 4. The van der Waals surface area contributed by atoms with Crippen LogP contribution in [-0.2, 0) is 4.74 Å². The van der Waals surface area contributed by atoms with Gasteiger partial charge in [0.05, 0.1) is 19.5 Å². The first-order valence-corrected chi connectivity index (χ1v) is 6.64. The van der Waals surface area contributed by atoms with Crippen LogP contribution in [0.3, 0.4) is 0 Å². The maximum Gasteiger partial charge on any atom is 0.245 e. The van der Waals surface area contributed by atoms with Crippen molar-refractivity contribution in [3.05, 3.63) is 12.7 Å². The van der Waals surface area contributed by atoms with Gasteiger partial charge in [0.2, 0.25) is 17.8 Å². The third-order valence-corrected chi connectivity index (χ3v) is 3.66. The molecule has 19 heavy (non-hydrogen) atoms. The Labute approximate surface area is 112 Å². The number of fused-ring (bicyclic) bond motifs is 1. The van der Waals surface area contributed by atoms with E-state index in [4.69, 9.17) is 19.4 Å². The fourth-order valence-corrected chi connectivity index (χ4v) is 2.55. The largest absolute Gasteiger partial charge is 0.479 e. The molecule has 0 spiro atoms. The molecular formula is C10H12N4O4S. The third kappa shape index (κ3) is 2.31. The van der Waals surface area contributed by atoms with Crippen molar-refractivity contribution < 1.29 is 19.4 Å². The Morgan fingerprint density at radius 2 is 2.42 bits per heavy atom. The summed E-state index contributed by atoms with van der Waals surface area (Å²) >= 11 is 1.50. The lowest BCUT2D eigenvalue weighted by Gasteiger charge is -2.13. The minimum atomic E-state index is -0.444. The number of methoxy groups -OCH3 is 1. The predicted molar refractivity (Wildman–Crippen MR) is 66.7 cm³/mol. The molecule has 0 saturated carbocycles. The monoisotopic (exact) mass is 284 g/mol. The summed E-state index contributed by atoms with van der Waals surface area (Å²) in [7, 11) is 1.52. The molecule has 2 atom stereocenters. The van der Waals surface area contributed by atoms with Crippen molar-refractivity contribution in [2.75, 3.05) is 19.5 Å². The van der Waals surface area contributed by atoms with Gasteiger partial charge in [-0.1, -0.05) is 0 Å². The minimum absolute atomic E-state index is 0.0365. The standard InChI is InChI=1S/C10H12N4O4S/c1-16-10-8-9(11-4-12-10)14(5-13-8)18-6-3-19-7(2-15)17-6/h4-7,15H,2-3H2,1H3/t6-,7+/m1/s1. The van der Waals surface area contributed by atoms with Crippen molar-refractivity contribution in [1.29, 1.82) is 0 Å². The van der Waals surface area contributed by atoms with E-state index in [1.807, 2.05) is 0 Å². The van der Waals surface area contributed by atoms with Gasteiger partial charge in [0, 0.05) is 0 Å². The van der Waals surface area contributed by atoms with Crippen LogP contribution in [0, 0.1) is 0 Å². The lowest BCUT2D eigenvalue weighted by Crippen LogP contribution is -2.27. The van der Waals surface area contributed by atoms with Crippen LogP contribution in [0.2, 0.25) is 0 Å². The second-order valence-electron chi connectivity index (χ2n) is 3.74. The molecule has 1 saturated heterocycles. The van der Waals surface area contributed by atoms with Crippen molar-refractivity contribution >= 4 is 22.9 Å². The van der Waals surface area contributed by atoms with Gasteiger partial charge in [-0.25, -0.2) is 9.97 Å². The maximum absolute atomic E-state index is 8.99. The Morgan fingerprint density at radius 3 is 3.16 bits per heavy atom. The number of aliphatic hydroxyl groups is 1. The summed E-state index contributed by atoms with van der Waals surface area (Å²) in [5.74, 6) is 1.02. The molecule has 0 radical (unpaired) electrons. The predicted octanol–water partition coefficient (Wildman–Crippen LogP) is -0.329. The van der Waals surface area contributed by atoms with Crippen LogP contribution in [0.15, 0.2) is 12.7 Å². The van der Waals surface area contributed by atoms with Crippen molar-refractivity contribution in [1.82, 2.24) is 19.7 Å². The summed E-state index contributed by atoms with van der Waals surface area (Å²) in [6, 6.07) is 0. The number of imidazole rings is 1. The van der Waals surface area contributed by atoms with E-state index >= 15 is 0 Å². The molecule has 1 aliphatic heterocycles. The van der Waals surface area contributed by atoms with E-state index in [-0.39, 0.29) is 12.0 Å². The van der Waals surface area contributed by atoms with Gasteiger partial charge in [0.15, 0.2) is 5.52 Å². The summed E-state index contributed by atoms with van der Waals surface area (Å²) < 4.78 is 12.0. The van der Waals surface area contributed by atoms with E-state index in [0.717, 1.165) is 0 Å². The molecule has 0 bridgehead atoms. The lowest BCUT2D eigenvalue weighted by molar-refractivity contribution is -0.132. The zero-order chi connectivity index (χ0) is 13.2. The average molecular weight is 284 g/mol. The zero-order valence-corrected chi connectivity index (χ0v) is 10.9. The number of hydrogen-bond donors (Lipinski definition) is 1. The first-order valence-electron chi connectivity index (χ1n) is 5.59. The molecule has 3 rings (SSSR count). The molecule has 3 heterocycles. The molecule has 0 amide bonds. The lowest BCUT2D eigenvalue weighted by atomic mass is 10.5. The first kappa shape index (κ1) is 12.5. The maximum atomic E-state index is 8.99. The highest BCUT2D eigenvalue weighted by molar-refractivity contribution is 8.00. The SMILES string of the molecule is COc1ncnc2c1ncn2O[C@@H]1CS[C@@H](CO)O1. The number of aromatic nitrogens is 4. The van der Waals surface area contributed by atoms with Crippen LogP contribution in [0.5, 0.6) is 5.88 Å². The summed E-state index contributed by atoms with van der Waals surface area (Å²) in [4.78, 5) is 17.8. The first-order chi connectivity index (χ1) is 9.31. The van der Waals surface area contributed by atoms with Crippen molar-refractivity contribution in [3.8, 4) is 5.88 Å². The zero-order valence-electron chi connectivity index (χ0n) is 10.1. The van der Waals surface area contributed by atoms with Gasteiger partial charge in [-0.3, -0.25) is 0 Å². The van der Waals surface area contributed by atoms with Crippen LogP contribution in [-0.4, -0.2) is 56.0 Å². The fourth-order valence-electron chi connectivity index (χ4n) is 1.73. The van der Waals surface area contributed by atoms with Crippen molar-refractivity contribution in [2.45, 2.75) is 11.7 Å². The normalized spacial score (nSPS) is 22.8. The van der Waals surface area contributed by atoms with Crippen LogP contribution in [0.25, 0.3) is 11.2 Å². The summed E-state index contributed by atoms with van der Waals surface area (Å²) in [6.07, 6.45) is 2.42. The summed E-state index contributed by atoms with van der Waals surface area (Å²) in [5, 5.41) is 8.99. The van der Waals surface area contributed by atoms with Gasteiger partial charge in [-0.2, -0.15) is 4.98 Å². The van der Waals surface area contributed by atoms with Crippen LogP contribution in [0.4, 0.5) is 0 Å². The molecule has 2 aromatic rings. The van der Waals surface area contributed by atoms with Gasteiger partial charge in [0.1, 0.15) is 18.1 Å². The Hall–Kier alpha value is -1.58. The van der Waals surface area contributed by atoms with Crippen LogP contribution in [0.1, 0.15) is 0 Å². The van der Waals surface area contributed by atoms with Crippen molar-refractivity contribution in [3.63, 3.8) is 0 Å². The number of nitrogens with zero attached hydrogens (tertiary/aromatic N) is 4. The second kappa shape index (κ2) is 5.19. The molecular weight excluding hydrogens is 272 g/mol. The molecule has 0 aliphatic carbocycles. The van der Waals surface area contributed by atoms with Gasteiger partial charge in [-0.15, -0.1) is 16.5 Å². The van der Waals surface area contributed by atoms with E-state index in [0.29, 0.717) is 22.8 Å². The highest BCUT2D eigenvalue weighted by atomic mass is 32.2. The molecule has 1 fully saturated rings. The Morgan fingerprint density at radius 1 is 1.53 bits per heavy atom. The van der Waals surface area contributed by atoms with E-state index in [1.165, 1.54) is 36.3 Å². The molecule has 102 valence electrons. The molecule has 8 nitrogen and oxygen atoms in total. The number of aliphatic hydroxyl groups excluding tert-OH is 1. The fraction of sp³-hybridized carbons (Fsp3) is 0.500. The smallest absolute Gasteiger partial charge is 0.245 e.